The minimum absolute atomic E-state index is 0.0918. The molecule has 0 atom stereocenters. The monoisotopic (exact) mass is 348 g/mol. The Bertz CT molecular complexity index is 559. The van der Waals surface area contributed by atoms with Gasteiger partial charge < -0.3 is 24.0 Å². The summed E-state index contributed by atoms with van der Waals surface area (Å²) >= 11 is 0. The van der Waals surface area contributed by atoms with Gasteiger partial charge in [0, 0.05) is 65.3 Å². The highest BCUT2D eigenvalue weighted by Crippen LogP contribution is 2.11. The number of piperazine rings is 2. The summed E-state index contributed by atoms with van der Waals surface area (Å²) in [6.45, 7) is 10.8. The van der Waals surface area contributed by atoms with Crippen molar-refractivity contribution in [3.63, 3.8) is 0 Å². The highest BCUT2D eigenvalue weighted by molar-refractivity contribution is 5.91. The number of amides is 2. The van der Waals surface area contributed by atoms with Gasteiger partial charge in [-0.05, 0) is 18.7 Å². The molecule has 2 amide bonds. The molecular weight excluding hydrogens is 320 g/mol. The Labute approximate surface area is 149 Å². The number of nitrogens with zero attached hydrogens (tertiary/aromatic N) is 4. The summed E-state index contributed by atoms with van der Waals surface area (Å²) in [5, 5.41) is 0. The van der Waals surface area contributed by atoms with E-state index in [2.05, 4.69) is 16.7 Å². The number of likely N-dealkylation sites (N-methyl/N-ethyl adjacent to an activating group) is 1. The first kappa shape index (κ1) is 17.9. The molecule has 0 aliphatic carbocycles. The van der Waals surface area contributed by atoms with Crippen molar-refractivity contribution in [3.05, 3.63) is 24.2 Å². The van der Waals surface area contributed by atoms with Crippen molar-refractivity contribution in [2.45, 2.75) is 13.3 Å². The summed E-state index contributed by atoms with van der Waals surface area (Å²) in [7, 11) is 0. The molecule has 1 aromatic heterocycles. The third-order valence-electron chi connectivity index (χ3n) is 5.21. The molecule has 1 aromatic rings. The molecule has 0 saturated carbocycles. The van der Waals surface area contributed by atoms with Crippen LogP contribution in [0.2, 0.25) is 0 Å². The van der Waals surface area contributed by atoms with Gasteiger partial charge in [0.1, 0.15) is 0 Å². The zero-order chi connectivity index (χ0) is 17.6. The Hall–Kier alpha value is -1.86. The van der Waals surface area contributed by atoms with Crippen molar-refractivity contribution in [1.82, 2.24) is 19.6 Å². The van der Waals surface area contributed by atoms with Crippen LogP contribution in [0.4, 0.5) is 0 Å². The maximum atomic E-state index is 12.4. The topological polar surface area (TPSA) is 60.2 Å². The van der Waals surface area contributed by atoms with Crippen molar-refractivity contribution in [2.24, 2.45) is 0 Å². The molecule has 138 valence electrons. The summed E-state index contributed by atoms with van der Waals surface area (Å²) in [6, 6.07) is 3.39. The molecule has 2 fully saturated rings. The van der Waals surface area contributed by atoms with Crippen molar-refractivity contribution in [1.29, 1.82) is 0 Å². The fourth-order valence-electron chi connectivity index (χ4n) is 3.46. The van der Waals surface area contributed by atoms with Crippen molar-refractivity contribution < 1.29 is 14.0 Å². The van der Waals surface area contributed by atoms with Crippen LogP contribution in [-0.4, -0.2) is 96.9 Å². The molecule has 3 rings (SSSR count). The average Bonchev–Trinajstić information content (AvgIpc) is 3.21. The molecule has 2 aliphatic heterocycles. The van der Waals surface area contributed by atoms with Crippen LogP contribution in [-0.2, 0) is 4.79 Å². The van der Waals surface area contributed by atoms with E-state index in [1.807, 2.05) is 4.90 Å². The van der Waals surface area contributed by atoms with Gasteiger partial charge in [-0.15, -0.1) is 0 Å². The fourth-order valence-corrected chi connectivity index (χ4v) is 3.46. The van der Waals surface area contributed by atoms with Gasteiger partial charge in [-0.25, -0.2) is 0 Å². The standard InChI is InChI=1S/C18H28N4O3/c1-2-19-7-9-20(10-8-19)6-5-17(23)21-11-13-22(14-12-21)18(24)16-4-3-15-25-16/h3-4,15H,2,5-14H2,1H3. The van der Waals surface area contributed by atoms with E-state index in [1.165, 1.54) is 6.26 Å². The molecule has 25 heavy (non-hydrogen) atoms. The second kappa shape index (κ2) is 8.49. The van der Waals surface area contributed by atoms with Crippen molar-refractivity contribution in [3.8, 4) is 0 Å². The molecule has 0 spiro atoms. The van der Waals surface area contributed by atoms with Gasteiger partial charge in [0.05, 0.1) is 6.26 Å². The minimum Gasteiger partial charge on any atom is -0.459 e. The van der Waals surface area contributed by atoms with Crippen molar-refractivity contribution in [2.75, 3.05) is 65.4 Å². The van der Waals surface area contributed by atoms with E-state index in [9.17, 15) is 9.59 Å². The number of rotatable bonds is 5. The predicted molar refractivity (Wildman–Crippen MR) is 94.4 cm³/mol. The first-order valence-corrected chi connectivity index (χ1v) is 9.22. The van der Waals surface area contributed by atoms with E-state index in [-0.39, 0.29) is 11.8 Å². The maximum absolute atomic E-state index is 12.4. The molecule has 0 unspecified atom stereocenters. The average molecular weight is 348 g/mol. The van der Waals surface area contributed by atoms with Crippen molar-refractivity contribution >= 4 is 11.8 Å². The van der Waals surface area contributed by atoms with Crippen LogP contribution in [0, 0.1) is 0 Å². The zero-order valence-electron chi connectivity index (χ0n) is 15.0. The molecule has 0 aromatic carbocycles. The lowest BCUT2D eigenvalue weighted by Gasteiger charge is -2.36. The third kappa shape index (κ3) is 4.61. The van der Waals surface area contributed by atoms with E-state index in [0.29, 0.717) is 38.4 Å². The zero-order valence-corrected chi connectivity index (χ0v) is 15.0. The Morgan fingerprint density at radius 3 is 2.20 bits per heavy atom. The highest BCUT2D eigenvalue weighted by atomic mass is 16.3. The smallest absolute Gasteiger partial charge is 0.289 e. The lowest BCUT2D eigenvalue weighted by molar-refractivity contribution is -0.133. The Morgan fingerprint density at radius 2 is 1.60 bits per heavy atom. The van der Waals surface area contributed by atoms with Crippen LogP contribution in [0.25, 0.3) is 0 Å². The quantitative estimate of drug-likeness (QED) is 0.780. The summed E-state index contributed by atoms with van der Waals surface area (Å²) in [4.78, 5) is 33.1. The minimum atomic E-state index is -0.0918. The predicted octanol–water partition coefficient (Wildman–Crippen LogP) is 0.592. The summed E-state index contributed by atoms with van der Waals surface area (Å²) in [5.74, 6) is 0.472. The molecule has 0 N–H and O–H groups in total. The van der Waals surface area contributed by atoms with Gasteiger partial charge in [0.25, 0.3) is 5.91 Å². The van der Waals surface area contributed by atoms with Gasteiger partial charge in [0.2, 0.25) is 5.91 Å². The molecular formula is C18H28N4O3. The largest absolute Gasteiger partial charge is 0.459 e. The van der Waals surface area contributed by atoms with Crippen LogP contribution in [0.1, 0.15) is 23.9 Å². The van der Waals surface area contributed by atoms with Crippen LogP contribution in [0.15, 0.2) is 22.8 Å². The summed E-state index contributed by atoms with van der Waals surface area (Å²) in [5.41, 5.74) is 0. The van der Waals surface area contributed by atoms with Crippen LogP contribution >= 0.6 is 0 Å². The van der Waals surface area contributed by atoms with E-state index in [4.69, 9.17) is 4.42 Å². The number of hydrogen-bond acceptors (Lipinski definition) is 5. The number of hydrogen-bond donors (Lipinski definition) is 0. The SMILES string of the molecule is CCN1CCN(CCC(=O)N2CCN(C(=O)c3ccco3)CC2)CC1. The molecule has 7 heteroatoms. The molecule has 2 saturated heterocycles. The van der Waals surface area contributed by atoms with Crippen LogP contribution < -0.4 is 0 Å². The van der Waals surface area contributed by atoms with Gasteiger partial charge in [-0.2, -0.15) is 0 Å². The highest BCUT2D eigenvalue weighted by Gasteiger charge is 2.26. The van der Waals surface area contributed by atoms with Crippen LogP contribution in [0.3, 0.4) is 0 Å². The van der Waals surface area contributed by atoms with E-state index < -0.39 is 0 Å². The van der Waals surface area contributed by atoms with E-state index in [1.54, 1.807) is 17.0 Å². The fraction of sp³-hybridized carbons (Fsp3) is 0.667. The van der Waals surface area contributed by atoms with Gasteiger partial charge in [0.15, 0.2) is 5.76 Å². The number of carbonyl (C=O) groups excluding carboxylic acids is 2. The first-order chi connectivity index (χ1) is 12.2. The second-order valence-corrected chi connectivity index (χ2v) is 6.68. The Kier molecular flexibility index (Phi) is 6.09. The van der Waals surface area contributed by atoms with Crippen LogP contribution in [0.5, 0.6) is 0 Å². The summed E-state index contributed by atoms with van der Waals surface area (Å²) in [6.07, 6.45) is 2.07. The molecule has 0 radical (unpaired) electrons. The lowest BCUT2D eigenvalue weighted by Crippen LogP contribution is -2.51. The Balaban J connectivity index is 1.38. The van der Waals surface area contributed by atoms with Gasteiger partial charge >= 0.3 is 0 Å². The van der Waals surface area contributed by atoms with E-state index >= 15 is 0 Å². The Morgan fingerprint density at radius 1 is 0.960 bits per heavy atom. The molecule has 7 nitrogen and oxygen atoms in total. The normalized spacial score (nSPS) is 20.0. The second-order valence-electron chi connectivity index (χ2n) is 6.68. The van der Waals surface area contributed by atoms with E-state index in [0.717, 1.165) is 39.3 Å². The van der Waals surface area contributed by atoms with Gasteiger partial charge in [-0.3, -0.25) is 9.59 Å². The molecule has 2 aliphatic rings. The maximum Gasteiger partial charge on any atom is 0.289 e. The first-order valence-electron chi connectivity index (χ1n) is 9.22. The van der Waals surface area contributed by atoms with Gasteiger partial charge in [-0.1, -0.05) is 6.92 Å². The molecule has 3 heterocycles. The number of carbonyl (C=O) groups is 2. The molecule has 0 bridgehead atoms. The lowest BCUT2D eigenvalue weighted by atomic mass is 10.2. The number of furan rings is 1. The summed E-state index contributed by atoms with van der Waals surface area (Å²) < 4.78 is 5.16. The third-order valence-corrected chi connectivity index (χ3v) is 5.21.